The van der Waals surface area contributed by atoms with Crippen LogP contribution in [0.1, 0.15) is 11.1 Å². The lowest BCUT2D eigenvalue weighted by Gasteiger charge is -2.23. The molecule has 0 unspecified atom stereocenters. The fraction of sp³-hybridized carbons (Fsp3) is 0.400. The molecule has 15 heavy (non-hydrogen) atoms. The van der Waals surface area contributed by atoms with Gasteiger partial charge in [0.25, 0.3) is 0 Å². The number of hydrogen-bond donors (Lipinski definition) is 1. The minimum atomic E-state index is -3.34. The summed E-state index contributed by atoms with van der Waals surface area (Å²) in [6.07, 6.45) is 0.533. The zero-order valence-corrected chi connectivity index (χ0v) is 8.64. The molecule has 0 saturated carbocycles. The van der Waals surface area contributed by atoms with Crippen LogP contribution in [0.25, 0.3) is 0 Å². The van der Waals surface area contributed by atoms with Crippen LogP contribution in [0, 0.1) is 0 Å². The second-order valence-corrected chi connectivity index (χ2v) is 3.95. The molecular formula is C10H10ClF2NO. The van der Waals surface area contributed by atoms with Crippen LogP contribution >= 0.6 is 11.6 Å². The van der Waals surface area contributed by atoms with E-state index in [1.165, 1.54) is 0 Å². The molecule has 0 fully saturated rings. The minimum Gasteiger partial charge on any atom is -0.392 e. The van der Waals surface area contributed by atoms with Gasteiger partial charge < -0.3 is 5.11 Å². The van der Waals surface area contributed by atoms with Crippen molar-refractivity contribution in [3.63, 3.8) is 0 Å². The van der Waals surface area contributed by atoms with Gasteiger partial charge in [-0.25, -0.2) is 0 Å². The van der Waals surface area contributed by atoms with E-state index in [0.29, 0.717) is 12.1 Å². The number of halogens is 3. The Morgan fingerprint density at radius 2 is 2.20 bits per heavy atom. The van der Waals surface area contributed by atoms with Gasteiger partial charge in [0.15, 0.2) is 0 Å². The molecule has 1 heterocycles. The van der Waals surface area contributed by atoms with Crippen LogP contribution in [0.5, 0.6) is 0 Å². The highest BCUT2D eigenvalue weighted by molar-refractivity contribution is 6.23. The molecule has 1 aliphatic rings. The summed E-state index contributed by atoms with van der Waals surface area (Å²) in [6.45, 7) is 0.130. The van der Waals surface area contributed by atoms with Crippen molar-refractivity contribution in [2.45, 2.75) is 18.5 Å². The molecule has 1 aromatic rings. The smallest absolute Gasteiger partial charge is 0.392 e. The molecule has 1 aliphatic heterocycles. The predicted molar refractivity (Wildman–Crippen MR) is 54.2 cm³/mol. The van der Waals surface area contributed by atoms with E-state index in [1.807, 2.05) is 0 Å². The second kappa shape index (κ2) is 3.61. The van der Waals surface area contributed by atoms with Crippen molar-refractivity contribution < 1.29 is 13.9 Å². The van der Waals surface area contributed by atoms with Gasteiger partial charge in [0, 0.05) is 12.2 Å². The van der Waals surface area contributed by atoms with Crippen molar-refractivity contribution in [3.05, 3.63) is 29.3 Å². The summed E-state index contributed by atoms with van der Waals surface area (Å²) in [4.78, 5) is 0.866. The zero-order valence-electron chi connectivity index (χ0n) is 7.88. The number of hydrogen-bond acceptors (Lipinski definition) is 2. The Balaban J connectivity index is 2.36. The Labute approximate surface area is 91.1 Å². The van der Waals surface area contributed by atoms with Crippen LogP contribution in [0.4, 0.5) is 14.5 Å². The Kier molecular flexibility index (Phi) is 2.56. The standard InChI is InChI=1S/C10H10ClF2NO/c11-10(12,13)14-4-3-8-5-7(6-15)1-2-9(8)14/h1-2,5,15H,3-4,6H2. The Morgan fingerprint density at radius 3 is 2.80 bits per heavy atom. The summed E-state index contributed by atoms with van der Waals surface area (Å²) < 4.78 is 25.9. The fourth-order valence-corrected chi connectivity index (χ4v) is 1.99. The second-order valence-electron chi connectivity index (χ2n) is 3.49. The third-order valence-corrected chi connectivity index (χ3v) is 2.73. The molecule has 1 aromatic carbocycles. The molecule has 0 aliphatic carbocycles. The predicted octanol–water partition coefficient (Wildman–Crippen LogP) is 2.33. The maximum Gasteiger partial charge on any atom is 0.407 e. The molecule has 2 nitrogen and oxygen atoms in total. The third-order valence-electron chi connectivity index (χ3n) is 2.53. The van der Waals surface area contributed by atoms with Crippen LogP contribution in [0.3, 0.4) is 0 Å². The summed E-state index contributed by atoms with van der Waals surface area (Å²) in [5.74, 6) is 0. The van der Waals surface area contributed by atoms with Gasteiger partial charge in [0.05, 0.1) is 6.61 Å². The van der Waals surface area contributed by atoms with Crippen molar-refractivity contribution >= 4 is 17.3 Å². The Morgan fingerprint density at radius 1 is 1.47 bits per heavy atom. The van der Waals surface area contributed by atoms with Crippen LogP contribution in [0.2, 0.25) is 0 Å². The van der Waals surface area contributed by atoms with Gasteiger partial charge in [-0.2, -0.15) is 8.78 Å². The van der Waals surface area contributed by atoms with Gasteiger partial charge in [0.1, 0.15) is 0 Å². The average molecular weight is 234 g/mol. The number of fused-ring (bicyclic) bond motifs is 1. The van der Waals surface area contributed by atoms with E-state index in [0.717, 1.165) is 16.0 Å². The average Bonchev–Trinajstić information content (AvgIpc) is 2.59. The number of alkyl halides is 3. The van der Waals surface area contributed by atoms with Crippen LogP contribution < -0.4 is 4.90 Å². The number of aliphatic hydroxyl groups is 1. The van der Waals surface area contributed by atoms with E-state index in [4.69, 9.17) is 16.7 Å². The highest BCUT2D eigenvalue weighted by Crippen LogP contribution is 2.37. The molecule has 0 spiro atoms. The van der Waals surface area contributed by atoms with Crippen LogP contribution in [-0.2, 0) is 13.0 Å². The van der Waals surface area contributed by atoms with Crippen LogP contribution in [-0.4, -0.2) is 17.2 Å². The summed E-state index contributed by atoms with van der Waals surface area (Å²) >= 11 is 4.98. The lowest BCUT2D eigenvalue weighted by atomic mass is 10.1. The minimum absolute atomic E-state index is 0.0788. The van der Waals surface area contributed by atoms with Gasteiger partial charge in [-0.1, -0.05) is 12.1 Å². The molecular weight excluding hydrogens is 224 g/mol. The van der Waals surface area contributed by atoms with Crippen molar-refractivity contribution in [3.8, 4) is 0 Å². The Bertz CT molecular complexity index is 378. The summed E-state index contributed by atoms with van der Waals surface area (Å²) in [5.41, 5.74) is -1.35. The van der Waals surface area contributed by atoms with E-state index in [9.17, 15) is 8.78 Å². The third kappa shape index (κ3) is 1.92. The van der Waals surface area contributed by atoms with Gasteiger partial charge in [-0.15, -0.1) is 0 Å². The lowest BCUT2D eigenvalue weighted by Crippen LogP contribution is -2.35. The molecule has 0 amide bonds. The highest BCUT2D eigenvalue weighted by atomic mass is 35.5. The molecule has 0 atom stereocenters. The number of aliphatic hydroxyl groups excluding tert-OH is 1. The summed E-state index contributed by atoms with van der Waals surface area (Å²) in [7, 11) is 0. The fourth-order valence-electron chi connectivity index (χ4n) is 1.82. The molecule has 0 radical (unpaired) electrons. The van der Waals surface area contributed by atoms with E-state index >= 15 is 0 Å². The molecule has 0 bridgehead atoms. The lowest BCUT2D eigenvalue weighted by molar-refractivity contribution is 0.0935. The molecule has 2 rings (SSSR count). The van der Waals surface area contributed by atoms with Gasteiger partial charge in [-0.3, -0.25) is 4.90 Å². The molecule has 1 N–H and O–H groups in total. The van der Waals surface area contributed by atoms with Crippen LogP contribution in [0.15, 0.2) is 18.2 Å². The number of benzene rings is 1. The van der Waals surface area contributed by atoms with Crippen molar-refractivity contribution in [1.29, 1.82) is 0 Å². The van der Waals surface area contributed by atoms with Crippen molar-refractivity contribution in [2.75, 3.05) is 11.4 Å². The van der Waals surface area contributed by atoms with Crippen molar-refractivity contribution in [1.82, 2.24) is 0 Å². The first-order valence-corrected chi connectivity index (χ1v) is 4.97. The monoisotopic (exact) mass is 233 g/mol. The first kappa shape index (κ1) is 10.6. The van der Waals surface area contributed by atoms with Gasteiger partial charge in [-0.05, 0) is 35.2 Å². The van der Waals surface area contributed by atoms with Gasteiger partial charge >= 0.3 is 5.51 Å². The first-order valence-electron chi connectivity index (χ1n) is 4.59. The van der Waals surface area contributed by atoms with Crippen molar-refractivity contribution in [2.24, 2.45) is 0 Å². The maximum absolute atomic E-state index is 12.9. The van der Waals surface area contributed by atoms with Gasteiger partial charge in [0.2, 0.25) is 0 Å². The number of anilines is 1. The highest BCUT2D eigenvalue weighted by Gasteiger charge is 2.38. The Hall–Kier alpha value is -0.870. The molecule has 82 valence electrons. The zero-order chi connectivity index (χ0) is 11.1. The van der Waals surface area contributed by atoms with E-state index in [-0.39, 0.29) is 13.2 Å². The first-order chi connectivity index (χ1) is 7.02. The normalized spacial score (nSPS) is 15.6. The quantitative estimate of drug-likeness (QED) is 0.626. The number of nitrogens with zero attached hydrogens (tertiary/aromatic N) is 1. The number of rotatable bonds is 2. The van der Waals surface area contributed by atoms with E-state index < -0.39 is 5.51 Å². The van der Waals surface area contributed by atoms with E-state index in [1.54, 1.807) is 18.2 Å². The summed E-state index contributed by atoms with van der Waals surface area (Å²) in [6, 6.07) is 4.93. The molecule has 0 aromatic heterocycles. The SMILES string of the molecule is OCc1ccc2c(c1)CCN2C(F)(F)Cl. The molecule has 5 heteroatoms. The van der Waals surface area contributed by atoms with E-state index in [2.05, 4.69) is 0 Å². The maximum atomic E-state index is 12.9. The largest absolute Gasteiger partial charge is 0.407 e. The summed E-state index contributed by atoms with van der Waals surface area (Å²) in [5, 5.41) is 8.91. The topological polar surface area (TPSA) is 23.5 Å². The molecule has 0 saturated heterocycles.